The lowest BCUT2D eigenvalue weighted by Gasteiger charge is -2.08. The Kier molecular flexibility index (Phi) is 3.69. The third kappa shape index (κ3) is 2.77. The molecule has 0 aliphatic rings. The van der Waals surface area contributed by atoms with Crippen LogP contribution in [0.25, 0.3) is 0 Å². The fourth-order valence-electron chi connectivity index (χ4n) is 1.52. The van der Waals surface area contributed by atoms with Crippen molar-refractivity contribution >= 4 is 17.6 Å². The third-order valence-corrected chi connectivity index (χ3v) is 2.48. The second-order valence-corrected chi connectivity index (χ2v) is 3.80. The van der Waals surface area contributed by atoms with E-state index in [1.165, 1.54) is 13.2 Å². The van der Waals surface area contributed by atoms with Gasteiger partial charge in [-0.25, -0.2) is 9.18 Å². The van der Waals surface area contributed by atoms with Crippen molar-refractivity contribution in [3.05, 3.63) is 47.7 Å². The first kappa shape index (κ1) is 13.6. The fraction of sp³-hybridized carbons (Fsp3) is 0.0769. The zero-order valence-corrected chi connectivity index (χ0v) is 10.3. The minimum atomic E-state index is -1.20. The maximum Gasteiger partial charge on any atom is 0.338 e. The molecule has 7 heteroatoms. The van der Waals surface area contributed by atoms with Gasteiger partial charge in [-0.15, -0.1) is 0 Å². The standard InChI is InChI=1S/C13H10FNO5/c1-19-10-5-8(14)2-3-9(10)15-12(16)11-4-7(6-20-11)13(17)18/h2-6H,1H3,(H,15,16)(H,17,18). The lowest BCUT2D eigenvalue weighted by molar-refractivity contribution is 0.0696. The number of anilines is 1. The molecular weight excluding hydrogens is 269 g/mol. The van der Waals surface area contributed by atoms with Gasteiger partial charge >= 0.3 is 5.97 Å². The maximum atomic E-state index is 13.0. The Bertz CT molecular complexity index is 665. The van der Waals surface area contributed by atoms with Crippen LogP contribution in [0.2, 0.25) is 0 Å². The molecule has 0 spiro atoms. The molecule has 2 aromatic rings. The number of methoxy groups -OCH3 is 1. The molecule has 6 nitrogen and oxygen atoms in total. The fourth-order valence-corrected chi connectivity index (χ4v) is 1.52. The quantitative estimate of drug-likeness (QED) is 0.896. The van der Waals surface area contributed by atoms with E-state index in [0.29, 0.717) is 0 Å². The zero-order valence-electron chi connectivity index (χ0n) is 10.3. The summed E-state index contributed by atoms with van der Waals surface area (Å²) in [5.41, 5.74) is 0.105. The molecule has 1 heterocycles. The second-order valence-electron chi connectivity index (χ2n) is 3.80. The zero-order chi connectivity index (χ0) is 14.7. The Morgan fingerprint density at radius 3 is 2.70 bits per heavy atom. The number of amides is 1. The molecule has 1 amide bonds. The number of nitrogens with one attached hydrogen (secondary N) is 1. The van der Waals surface area contributed by atoms with Gasteiger partial charge in [-0.2, -0.15) is 0 Å². The number of hydrogen-bond acceptors (Lipinski definition) is 4. The van der Waals surface area contributed by atoms with Crippen LogP contribution in [0.5, 0.6) is 5.75 Å². The summed E-state index contributed by atoms with van der Waals surface area (Å²) in [6, 6.07) is 4.68. The summed E-state index contributed by atoms with van der Waals surface area (Å²) >= 11 is 0. The van der Waals surface area contributed by atoms with Gasteiger partial charge < -0.3 is 19.6 Å². The molecule has 0 unspecified atom stereocenters. The van der Waals surface area contributed by atoms with E-state index in [9.17, 15) is 14.0 Å². The monoisotopic (exact) mass is 279 g/mol. The summed E-state index contributed by atoms with van der Waals surface area (Å²) in [5.74, 6) is -2.40. The van der Waals surface area contributed by atoms with E-state index in [1.807, 2.05) is 0 Å². The van der Waals surface area contributed by atoms with Gasteiger partial charge in [-0.05, 0) is 12.1 Å². The summed E-state index contributed by atoms with van der Waals surface area (Å²) in [7, 11) is 1.33. The molecule has 1 aromatic carbocycles. The summed E-state index contributed by atoms with van der Waals surface area (Å²) in [6.45, 7) is 0. The van der Waals surface area contributed by atoms with Crippen molar-refractivity contribution < 1.29 is 28.2 Å². The summed E-state index contributed by atoms with van der Waals surface area (Å²) < 4.78 is 22.8. The number of carboxylic acid groups (broad SMARTS) is 1. The van der Waals surface area contributed by atoms with E-state index in [4.69, 9.17) is 14.3 Å². The number of benzene rings is 1. The lowest BCUT2D eigenvalue weighted by atomic mass is 10.2. The van der Waals surface area contributed by atoms with Crippen molar-refractivity contribution in [3.8, 4) is 5.75 Å². The van der Waals surface area contributed by atoms with Crippen molar-refractivity contribution in [1.82, 2.24) is 0 Å². The van der Waals surface area contributed by atoms with Gasteiger partial charge in [0.15, 0.2) is 5.76 Å². The van der Waals surface area contributed by atoms with Gasteiger partial charge in [0.25, 0.3) is 5.91 Å². The molecule has 0 bridgehead atoms. The van der Waals surface area contributed by atoms with Crippen LogP contribution in [0, 0.1) is 5.82 Å². The van der Waals surface area contributed by atoms with Crippen molar-refractivity contribution in [2.24, 2.45) is 0 Å². The van der Waals surface area contributed by atoms with Gasteiger partial charge in [0.1, 0.15) is 17.8 Å². The Morgan fingerprint density at radius 1 is 1.35 bits per heavy atom. The number of aromatic carboxylic acids is 1. The number of carbonyl (C=O) groups is 2. The first-order valence-electron chi connectivity index (χ1n) is 5.48. The first-order valence-corrected chi connectivity index (χ1v) is 5.48. The third-order valence-electron chi connectivity index (χ3n) is 2.48. The lowest BCUT2D eigenvalue weighted by Crippen LogP contribution is -2.12. The van der Waals surface area contributed by atoms with Crippen molar-refractivity contribution in [2.75, 3.05) is 12.4 Å². The van der Waals surface area contributed by atoms with Gasteiger partial charge in [-0.1, -0.05) is 0 Å². The highest BCUT2D eigenvalue weighted by atomic mass is 19.1. The van der Waals surface area contributed by atoms with E-state index in [2.05, 4.69) is 5.32 Å². The van der Waals surface area contributed by atoms with E-state index in [1.54, 1.807) is 0 Å². The molecular formula is C13H10FNO5. The molecule has 104 valence electrons. The van der Waals surface area contributed by atoms with E-state index >= 15 is 0 Å². The van der Waals surface area contributed by atoms with E-state index < -0.39 is 17.7 Å². The Balaban J connectivity index is 2.20. The number of carbonyl (C=O) groups excluding carboxylic acids is 1. The number of hydrogen-bond donors (Lipinski definition) is 2. The highest BCUT2D eigenvalue weighted by Crippen LogP contribution is 2.25. The number of halogens is 1. The van der Waals surface area contributed by atoms with Crippen LogP contribution in [0.1, 0.15) is 20.9 Å². The van der Waals surface area contributed by atoms with E-state index in [0.717, 1.165) is 24.5 Å². The Labute approximate surface area is 112 Å². The molecule has 0 fully saturated rings. The predicted octanol–water partition coefficient (Wildman–Crippen LogP) is 2.38. The molecule has 0 atom stereocenters. The summed E-state index contributed by atoms with van der Waals surface area (Å²) in [6.07, 6.45) is 0.957. The van der Waals surface area contributed by atoms with Gasteiger partial charge in [0.2, 0.25) is 0 Å². The minimum Gasteiger partial charge on any atom is -0.494 e. The normalized spacial score (nSPS) is 10.1. The molecule has 0 aliphatic heterocycles. The topological polar surface area (TPSA) is 88.8 Å². The average Bonchev–Trinajstić information content (AvgIpc) is 2.90. The average molecular weight is 279 g/mol. The largest absolute Gasteiger partial charge is 0.494 e. The highest BCUT2D eigenvalue weighted by Gasteiger charge is 2.16. The molecule has 0 aliphatic carbocycles. The van der Waals surface area contributed by atoms with Crippen LogP contribution in [-0.2, 0) is 0 Å². The minimum absolute atomic E-state index is 0.138. The number of rotatable bonds is 4. The van der Waals surface area contributed by atoms with Crippen LogP contribution in [-0.4, -0.2) is 24.1 Å². The number of ether oxygens (including phenoxy) is 1. The van der Waals surface area contributed by atoms with Gasteiger partial charge in [0, 0.05) is 12.1 Å². The van der Waals surface area contributed by atoms with E-state index in [-0.39, 0.29) is 22.8 Å². The van der Waals surface area contributed by atoms with Crippen molar-refractivity contribution in [2.45, 2.75) is 0 Å². The molecule has 0 saturated carbocycles. The Hall–Kier alpha value is -2.83. The summed E-state index contributed by atoms with van der Waals surface area (Å²) in [4.78, 5) is 22.5. The molecule has 2 rings (SSSR count). The molecule has 1 aromatic heterocycles. The maximum absolute atomic E-state index is 13.0. The highest BCUT2D eigenvalue weighted by molar-refractivity contribution is 6.04. The smallest absolute Gasteiger partial charge is 0.338 e. The number of furan rings is 1. The van der Waals surface area contributed by atoms with Crippen LogP contribution in [0.4, 0.5) is 10.1 Å². The van der Waals surface area contributed by atoms with Crippen LogP contribution in [0.15, 0.2) is 34.9 Å². The first-order chi connectivity index (χ1) is 9.51. The molecule has 2 N–H and O–H groups in total. The van der Waals surface area contributed by atoms with Crippen molar-refractivity contribution in [1.29, 1.82) is 0 Å². The predicted molar refractivity (Wildman–Crippen MR) is 66.6 cm³/mol. The summed E-state index contributed by atoms with van der Waals surface area (Å²) in [5, 5.41) is 11.2. The SMILES string of the molecule is COc1cc(F)ccc1NC(=O)c1cc(C(=O)O)co1. The van der Waals surface area contributed by atoms with Crippen LogP contribution >= 0.6 is 0 Å². The molecule has 0 saturated heterocycles. The number of carboxylic acids is 1. The Morgan fingerprint density at radius 2 is 2.10 bits per heavy atom. The van der Waals surface area contributed by atoms with Crippen LogP contribution < -0.4 is 10.1 Å². The van der Waals surface area contributed by atoms with Crippen molar-refractivity contribution in [3.63, 3.8) is 0 Å². The second kappa shape index (κ2) is 5.43. The van der Waals surface area contributed by atoms with Crippen LogP contribution in [0.3, 0.4) is 0 Å². The molecule has 0 radical (unpaired) electrons. The van der Waals surface area contributed by atoms with Gasteiger partial charge in [0.05, 0.1) is 18.4 Å². The molecule has 20 heavy (non-hydrogen) atoms. The van der Waals surface area contributed by atoms with Gasteiger partial charge in [-0.3, -0.25) is 4.79 Å².